The van der Waals surface area contributed by atoms with E-state index in [9.17, 15) is 14.9 Å². The summed E-state index contributed by atoms with van der Waals surface area (Å²) in [6.07, 6.45) is 1.10. The summed E-state index contributed by atoms with van der Waals surface area (Å²) < 4.78 is 5.75. The van der Waals surface area contributed by atoms with Gasteiger partial charge in [0.25, 0.3) is 5.69 Å². The zero-order chi connectivity index (χ0) is 20.8. The Kier molecular flexibility index (Phi) is 6.93. The number of rotatable bonds is 7. The van der Waals surface area contributed by atoms with Crippen molar-refractivity contribution >= 4 is 28.9 Å². The first kappa shape index (κ1) is 20.9. The summed E-state index contributed by atoms with van der Waals surface area (Å²) in [6.45, 7) is 5.14. The van der Waals surface area contributed by atoms with Crippen LogP contribution in [-0.4, -0.2) is 48.5 Å². The number of aryl methyl sites for hydroxylation is 1. The fourth-order valence-electron chi connectivity index (χ4n) is 3.34. The van der Waals surface area contributed by atoms with Crippen LogP contribution in [0.25, 0.3) is 0 Å². The van der Waals surface area contributed by atoms with Crippen LogP contribution in [0, 0.1) is 17.0 Å². The number of amides is 1. The van der Waals surface area contributed by atoms with Crippen molar-refractivity contribution in [1.29, 1.82) is 0 Å². The van der Waals surface area contributed by atoms with Crippen LogP contribution in [-0.2, 0) is 4.79 Å². The summed E-state index contributed by atoms with van der Waals surface area (Å²) >= 11 is 5.94. The average molecular weight is 418 g/mol. The third-order valence-corrected chi connectivity index (χ3v) is 5.22. The highest BCUT2D eigenvalue weighted by Crippen LogP contribution is 2.23. The van der Waals surface area contributed by atoms with E-state index in [2.05, 4.69) is 4.90 Å². The van der Waals surface area contributed by atoms with Gasteiger partial charge in [0.05, 0.1) is 11.5 Å². The van der Waals surface area contributed by atoms with Gasteiger partial charge in [-0.05, 0) is 49.2 Å². The van der Waals surface area contributed by atoms with Crippen LogP contribution in [0.1, 0.15) is 18.4 Å². The van der Waals surface area contributed by atoms with Crippen LogP contribution in [0.2, 0.25) is 5.02 Å². The maximum absolute atomic E-state index is 12.4. The Hall–Kier alpha value is -2.80. The van der Waals surface area contributed by atoms with Crippen LogP contribution in [0.5, 0.6) is 5.75 Å². The first-order chi connectivity index (χ1) is 13.9. The smallest absolute Gasteiger partial charge is 0.269 e. The Balaban J connectivity index is 1.40. The number of anilines is 1. The van der Waals surface area contributed by atoms with Gasteiger partial charge in [-0.3, -0.25) is 14.9 Å². The van der Waals surface area contributed by atoms with E-state index in [0.29, 0.717) is 50.7 Å². The Morgan fingerprint density at radius 2 is 1.83 bits per heavy atom. The van der Waals surface area contributed by atoms with Crippen molar-refractivity contribution in [2.75, 3.05) is 37.7 Å². The number of nitro benzene ring substituents is 1. The van der Waals surface area contributed by atoms with Crippen LogP contribution in [0.15, 0.2) is 42.5 Å². The molecule has 8 heteroatoms. The summed E-state index contributed by atoms with van der Waals surface area (Å²) in [5.74, 6) is 0.920. The van der Waals surface area contributed by atoms with Crippen molar-refractivity contribution in [2.45, 2.75) is 19.8 Å². The molecule has 0 saturated carbocycles. The lowest BCUT2D eigenvalue weighted by Crippen LogP contribution is -2.48. The highest BCUT2D eigenvalue weighted by atomic mass is 35.5. The first-order valence-electron chi connectivity index (χ1n) is 9.60. The van der Waals surface area contributed by atoms with Gasteiger partial charge in [-0.25, -0.2) is 0 Å². The molecule has 0 bridgehead atoms. The molecule has 2 aromatic carbocycles. The fraction of sp³-hybridized carbons (Fsp3) is 0.381. The molecule has 1 fully saturated rings. The number of hydrogen-bond donors (Lipinski definition) is 0. The highest BCUT2D eigenvalue weighted by Gasteiger charge is 2.21. The fourth-order valence-corrected chi connectivity index (χ4v) is 3.56. The molecule has 1 heterocycles. The van der Waals surface area contributed by atoms with Crippen molar-refractivity contribution in [3.8, 4) is 5.75 Å². The van der Waals surface area contributed by atoms with Crippen molar-refractivity contribution in [1.82, 2.24) is 4.90 Å². The van der Waals surface area contributed by atoms with Gasteiger partial charge in [-0.2, -0.15) is 0 Å². The molecule has 0 N–H and O–H groups in total. The summed E-state index contributed by atoms with van der Waals surface area (Å²) in [7, 11) is 0. The molecule has 0 radical (unpaired) electrons. The quantitative estimate of drug-likeness (QED) is 0.385. The second-order valence-corrected chi connectivity index (χ2v) is 7.44. The third-order valence-electron chi connectivity index (χ3n) is 4.99. The number of non-ortho nitro benzene ring substituents is 1. The van der Waals surface area contributed by atoms with Gasteiger partial charge in [0.2, 0.25) is 5.91 Å². The molecule has 0 spiro atoms. The highest BCUT2D eigenvalue weighted by molar-refractivity contribution is 6.30. The molecular formula is C21H24ClN3O4. The van der Waals surface area contributed by atoms with Crippen molar-refractivity contribution in [2.24, 2.45) is 0 Å². The molecule has 29 heavy (non-hydrogen) atoms. The number of ether oxygens (including phenoxy) is 1. The molecule has 1 saturated heterocycles. The van der Waals surface area contributed by atoms with Gasteiger partial charge in [0, 0.05) is 55.4 Å². The van der Waals surface area contributed by atoms with Gasteiger partial charge in [-0.1, -0.05) is 11.6 Å². The molecular weight excluding hydrogens is 394 g/mol. The maximum Gasteiger partial charge on any atom is 0.269 e. The van der Waals surface area contributed by atoms with Crippen LogP contribution in [0.4, 0.5) is 11.4 Å². The van der Waals surface area contributed by atoms with E-state index in [-0.39, 0.29) is 11.6 Å². The van der Waals surface area contributed by atoms with Gasteiger partial charge >= 0.3 is 0 Å². The lowest BCUT2D eigenvalue weighted by atomic mass is 10.2. The van der Waals surface area contributed by atoms with E-state index in [0.717, 1.165) is 17.0 Å². The second-order valence-electron chi connectivity index (χ2n) is 7.00. The number of carbonyl (C=O) groups is 1. The number of nitrogens with zero attached hydrogens (tertiary/aromatic N) is 3. The molecule has 0 atom stereocenters. The number of nitro groups is 1. The lowest BCUT2D eigenvalue weighted by molar-refractivity contribution is -0.384. The van der Waals surface area contributed by atoms with E-state index in [1.54, 1.807) is 18.2 Å². The Morgan fingerprint density at radius 1 is 1.14 bits per heavy atom. The van der Waals surface area contributed by atoms with Gasteiger partial charge in [0.1, 0.15) is 5.75 Å². The zero-order valence-electron chi connectivity index (χ0n) is 16.3. The molecule has 154 valence electrons. The number of benzene rings is 2. The van der Waals surface area contributed by atoms with Crippen molar-refractivity contribution < 1.29 is 14.5 Å². The maximum atomic E-state index is 12.4. The minimum atomic E-state index is -0.404. The molecule has 1 aliphatic rings. The van der Waals surface area contributed by atoms with Crippen LogP contribution >= 0.6 is 11.6 Å². The molecule has 1 amide bonds. The SMILES string of the molecule is Cc1cc(Cl)ccc1OCCCC(=O)N1CCN(c2ccc([N+](=O)[O-])cc2)CC1. The topological polar surface area (TPSA) is 75.9 Å². The largest absolute Gasteiger partial charge is 0.493 e. The van der Waals surface area contributed by atoms with Crippen molar-refractivity contribution in [3.05, 3.63) is 63.2 Å². The predicted molar refractivity (Wildman–Crippen MR) is 113 cm³/mol. The number of carbonyl (C=O) groups excluding carboxylic acids is 1. The summed E-state index contributed by atoms with van der Waals surface area (Å²) in [6, 6.07) is 12.0. The Labute approximate surface area is 175 Å². The van der Waals surface area contributed by atoms with Gasteiger partial charge in [-0.15, -0.1) is 0 Å². The van der Waals surface area contributed by atoms with E-state index in [4.69, 9.17) is 16.3 Å². The van der Waals surface area contributed by atoms with Crippen LogP contribution < -0.4 is 9.64 Å². The molecule has 2 aromatic rings. The minimum absolute atomic E-state index is 0.0820. The standard InChI is InChI=1S/C21H24ClN3O4/c1-16-15-17(22)4-9-20(16)29-14-2-3-21(26)24-12-10-23(11-13-24)18-5-7-19(8-6-18)25(27)28/h4-9,15H,2-3,10-14H2,1H3. The summed E-state index contributed by atoms with van der Waals surface area (Å²) in [5, 5.41) is 11.4. The Bertz CT molecular complexity index is 865. The van der Waals surface area contributed by atoms with Crippen LogP contribution in [0.3, 0.4) is 0 Å². The van der Waals surface area contributed by atoms with Crippen molar-refractivity contribution in [3.63, 3.8) is 0 Å². The van der Waals surface area contributed by atoms with E-state index in [1.807, 2.05) is 24.0 Å². The lowest BCUT2D eigenvalue weighted by Gasteiger charge is -2.36. The molecule has 3 rings (SSSR count). The van der Waals surface area contributed by atoms with Gasteiger partial charge < -0.3 is 14.5 Å². The Morgan fingerprint density at radius 3 is 2.45 bits per heavy atom. The average Bonchev–Trinajstić information content (AvgIpc) is 2.72. The molecule has 7 nitrogen and oxygen atoms in total. The minimum Gasteiger partial charge on any atom is -0.493 e. The third kappa shape index (κ3) is 5.60. The second kappa shape index (κ2) is 9.60. The summed E-state index contributed by atoms with van der Waals surface area (Å²) in [4.78, 5) is 26.8. The molecule has 0 aromatic heterocycles. The molecule has 0 aliphatic carbocycles. The normalized spacial score (nSPS) is 14.0. The molecule has 1 aliphatic heterocycles. The first-order valence-corrected chi connectivity index (χ1v) is 9.98. The summed E-state index contributed by atoms with van der Waals surface area (Å²) in [5.41, 5.74) is 2.00. The number of hydrogen-bond acceptors (Lipinski definition) is 5. The number of halogens is 1. The van der Waals surface area contributed by atoms with E-state index < -0.39 is 4.92 Å². The monoisotopic (exact) mass is 417 g/mol. The van der Waals surface area contributed by atoms with E-state index >= 15 is 0 Å². The van der Waals surface area contributed by atoms with Gasteiger partial charge in [0.15, 0.2) is 0 Å². The zero-order valence-corrected chi connectivity index (χ0v) is 17.1. The molecule has 0 unspecified atom stereocenters. The van der Waals surface area contributed by atoms with E-state index in [1.165, 1.54) is 12.1 Å². The number of piperazine rings is 1. The predicted octanol–water partition coefficient (Wildman–Crippen LogP) is 4.06.